The molecule has 1 aliphatic carbocycles. The summed E-state index contributed by atoms with van der Waals surface area (Å²) >= 11 is 0. The van der Waals surface area contributed by atoms with E-state index in [1.165, 1.54) is 23.8 Å². The number of carbonyl (C=O) groups excluding carboxylic acids is 3. The minimum atomic E-state index is -0.668. The van der Waals surface area contributed by atoms with Gasteiger partial charge in [-0.25, -0.2) is 4.79 Å². The molecule has 36 heavy (non-hydrogen) atoms. The maximum atomic E-state index is 13.0. The summed E-state index contributed by atoms with van der Waals surface area (Å²) in [5.41, 5.74) is 2.60. The highest BCUT2D eigenvalue weighted by atomic mass is 16.2. The van der Waals surface area contributed by atoms with Crippen molar-refractivity contribution in [3.05, 3.63) is 28.7 Å². The molecule has 4 fully saturated rings. The molecule has 1 N–H and O–H groups in total. The zero-order valence-corrected chi connectivity index (χ0v) is 21.0. The Morgan fingerprint density at radius 1 is 0.972 bits per heavy atom. The van der Waals surface area contributed by atoms with Crippen molar-refractivity contribution in [1.82, 2.24) is 19.4 Å². The second kappa shape index (κ2) is 8.78. The fraction of sp³-hybridized carbons (Fsp3) is 0.630. The molecule has 9 nitrogen and oxygen atoms in total. The normalized spacial score (nSPS) is 24.8. The number of rotatable bonds is 3. The topological polar surface area (TPSA) is 96.6 Å². The van der Waals surface area contributed by atoms with E-state index >= 15 is 0 Å². The minimum absolute atomic E-state index is 0.233. The first-order chi connectivity index (χ1) is 17.3. The largest absolute Gasteiger partial charge is 0.370 e. The lowest BCUT2D eigenvalue weighted by atomic mass is 9.71. The smallest absolute Gasteiger partial charge is 0.329 e. The summed E-state index contributed by atoms with van der Waals surface area (Å²) in [6, 6.07) is 5.32. The zero-order chi connectivity index (χ0) is 25.0. The van der Waals surface area contributed by atoms with Crippen LogP contribution >= 0.6 is 0 Å². The van der Waals surface area contributed by atoms with E-state index in [0.717, 1.165) is 63.1 Å². The van der Waals surface area contributed by atoms with Gasteiger partial charge in [-0.15, -0.1) is 0 Å². The van der Waals surface area contributed by atoms with Crippen molar-refractivity contribution in [3.8, 4) is 0 Å². The van der Waals surface area contributed by atoms with Gasteiger partial charge in [-0.2, -0.15) is 0 Å². The molecule has 0 radical (unpaired) electrons. The average Bonchev–Trinajstić information content (AvgIpc) is 3.12. The van der Waals surface area contributed by atoms with E-state index < -0.39 is 11.9 Å². The minimum Gasteiger partial charge on any atom is -0.370 e. The maximum absolute atomic E-state index is 13.0. The van der Waals surface area contributed by atoms with Crippen molar-refractivity contribution in [2.45, 2.75) is 63.8 Å². The molecule has 0 bridgehead atoms. The molecular formula is C27H35N5O4. The number of imide groups is 1. The van der Waals surface area contributed by atoms with E-state index in [4.69, 9.17) is 0 Å². The first-order valence-corrected chi connectivity index (χ1v) is 13.4. The van der Waals surface area contributed by atoms with Crippen molar-refractivity contribution in [2.75, 3.05) is 31.1 Å². The van der Waals surface area contributed by atoms with Crippen LogP contribution in [0.25, 0.3) is 11.0 Å². The van der Waals surface area contributed by atoms with Gasteiger partial charge in [0.15, 0.2) is 0 Å². The molecule has 3 aliphatic heterocycles. The number of imidazole rings is 1. The Labute approximate surface area is 210 Å². The number of aromatic nitrogens is 2. The molecule has 1 aromatic heterocycles. The first kappa shape index (κ1) is 23.3. The number of nitrogens with zero attached hydrogens (tertiary/aromatic N) is 4. The Kier molecular flexibility index (Phi) is 5.68. The number of fused-ring (bicyclic) bond motifs is 1. The lowest BCUT2D eigenvalue weighted by Crippen LogP contribution is -2.61. The van der Waals surface area contributed by atoms with Gasteiger partial charge < -0.3 is 9.80 Å². The van der Waals surface area contributed by atoms with Crippen LogP contribution in [0.1, 0.15) is 63.8 Å². The molecule has 3 amide bonds. The van der Waals surface area contributed by atoms with E-state index in [9.17, 15) is 19.2 Å². The van der Waals surface area contributed by atoms with Gasteiger partial charge in [-0.1, -0.05) is 19.3 Å². The molecular weight excluding hydrogens is 458 g/mol. The summed E-state index contributed by atoms with van der Waals surface area (Å²) in [7, 11) is 1.73. The van der Waals surface area contributed by atoms with Crippen LogP contribution in [0.5, 0.6) is 0 Å². The molecule has 4 heterocycles. The average molecular weight is 494 g/mol. The third-order valence-corrected chi connectivity index (χ3v) is 9.10. The molecule has 192 valence electrons. The summed E-state index contributed by atoms with van der Waals surface area (Å²) in [5.74, 6) is -0.0743. The molecule has 1 spiro atoms. The number of piperidine rings is 2. The molecule has 4 aliphatic rings. The van der Waals surface area contributed by atoms with Crippen LogP contribution in [-0.4, -0.2) is 57.9 Å². The van der Waals surface area contributed by atoms with Gasteiger partial charge in [0, 0.05) is 56.7 Å². The molecule has 1 saturated carbocycles. The molecule has 3 saturated heterocycles. The lowest BCUT2D eigenvalue weighted by Gasteiger charge is -2.55. The van der Waals surface area contributed by atoms with E-state index in [1.807, 2.05) is 18.2 Å². The number of benzene rings is 1. The van der Waals surface area contributed by atoms with Crippen molar-refractivity contribution >= 4 is 34.4 Å². The summed E-state index contributed by atoms with van der Waals surface area (Å²) in [6.07, 6.45) is 8.44. The van der Waals surface area contributed by atoms with Crippen molar-refractivity contribution < 1.29 is 14.4 Å². The highest BCUT2D eigenvalue weighted by Crippen LogP contribution is 2.43. The summed E-state index contributed by atoms with van der Waals surface area (Å²) in [6.45, 7) is 3.66. The molecule has 1 unspecified atom stereocenters. The fourth-order valence-corrected chi connectivity index (χ4v) is 6.85. The van der Waals surface area contributed by atoms with Gasteiger partial charge >= 0.3 is 5.69 Å². The second-order valence-corrected chi connectivity index (χ2v) is 11.4. The van der Waals surface area contributed by atoms with E-state index in [-0.39, 0.29) is 29.4 Å². The van der Waals surface area contributed by atoms with Crippen LogP contribution in [0.2, 0.25) is 0 Å². The quantitative estimate of drug-likeness (QED) is 0.662. The summed E-state index contributed by atoms with van der Waals surface area (Å²) < 4.78 is 3.12. The number of amides is 3. The first-order valence-electron chi connectivity index (χ1n) is 13.4. The number of likely N-dealkylation sites (tertiary alicyclic amines) is 1. The van der Waals surface area contributed by atoms with Crippen LogP contribution in [-0.2, 0) is 21.4 Å². The highest BCUT2D eigenvalue weighted by molar-refractivity contribution is 6.00. The standard InChI is InChI=1S/C27H35N5O4/c1-29-22-15-19(7-8-20(22)32(26(29)36)21-9-10-23(33)28-24(21)34)31-16-27(17-31)11-13-30(14-12-27)25(35)18-5-3-2-4-6-18/h7-8,15,18,21H,2-6,9-14,16-17H2,1H3,(H,28,33,34). The fourth-order valence-electron chi connectivity index (χ4n) is 6.85. The van der Waals surface area contributed by atoms with Gasteiger partial charge in [0.1, 0.15) is 6.04 Å². The predicted octanol–water partition coefficient (Wildman–Crippen LogP) is 2.33. The SMILES string of the molecule is Cn1c(=O)n(C2CCC(=O)NC2=O)c2ccc(N3CC4(CCN(C(=O)C5CCCCC5)CC4)C3)cc21. The van der Waals surface area contributed by atoms with E-state index in [0.29, 0.717) is 17.8 Å². The molecule has 6 rings (SSSR count). The van der Waals surface area contributed by atoms with Crippen LogP contribution in [0.3, 0.4) is 0 Å². The predicted molar refractivity (Wildman–Crippen MR) is 136 cm³/mol. The Balaban J connectivity index is 1.14. The van der Waals surface area contributed by atoms with E-state index in [1.54, 1.807) is 11.6 Å². The van der Waals surface area contributed by atoms with Crippen LogP contribution in [0, 0.1) is 11.3 Å². The maximum Gasteiger partial charge on any atom is 0.329 e. The van der Waals surface area contributed by atoms with Gasteiger partial charge in [0.05, 0.1) is 11.0 Å². The Morgan fingerprint density at radius 2 is 1.69 bits per heavy atom. The molecule has 2 aromatic rings. The van der Waals surface area contributed by atoms with Crippen molar-refractivity contribution in [1.29, 1.82) is 0 Å². The second-order valence-electron chi connectivity index (χ2n) is 11.4. The number of carbonyl (C=O) groups is 3. The van der Waals surface area contributed by atoms with Crippen molar-refractivity contribution in [2.24, 2.45) is 18.4 Å². The Hall–Kier alpha value is -3.10. The van der Waals surface area contributed by atoms with Gasteiger partial charge in [-0.05, 0) is 50.3 Å². The third kappa shape index (κ3) is 3.83. The van der Waals surface area contributed by atoms with Crippen LogP contribution in [0.15, 0.2) is 23.0 Å². The lowest BCUT2D eigenvalue weighted by molar-refractivity contribution is -0.139. The van der Waals surface area contributed by atoms with Crippen LogP contribution in [0.4, 0.5) is 5.69 Å². The van der Waals surface area contributed by atoms with Crippen LogP contribution < -0.4 is 15.9 Å². The number of hydrogen-bond donors (Lipinski definition) is 1. The monoisotopic (exact) mass is 493 g/mol. The molecule has 9 heteroatoms. The van der Waals surface area contributed by atoms with Gasteiger partial charge in [0.2, 0.25) is 17.7 Å². The van der Waals surface area contributed by atoms with Gasteiger partial charge in [-0.3, -0.25) is 28.8 Å². The number of hydrogen-bond acceptors (Lipinski definition) is 5. The van der Waals surface area contributed by atoms with Gasteiger partial charge in [0.25, 0.3) is 0 Å². The van der Waals surface area contributed by atoms with Crippen molar-refractivity contribution in [3.63, 3.8) is 0 Å². The molecule has 1 atom stereocenters. The summed E-state index contributed by atoms with van der Waals surface area (Å²) in [5, 5.41) is 2.36. The highest BCUT2D eigenvalue weighted by Gasteiger charge is 2.46. The summed E-state index contributed by atoms with van der Waals surface area (Å²) in [4.78, 5) is 54.4. The third-order valence-electron chi connectivity index (χ3n) is 9.10. The number of aryl methyl sites for hydroxylation is 1. The van der Waals surface area contributed by atoms with E-state index in [2.05, 4.69) is 15.1 Å². The number of nitrogens with one attached hydrogen (secondary N) is 1. The number of anilines is 1. The Morgan fingerprint density at radius 3 is 2.39 bits per heavy atom. The molecule has 1 aromatic carbocycles. The zero-order valence-electron chi connectivity index (χ0n) is 21.0. The Bertz CT molecular complexity index is 1270.